The van der Waals surface area contributed by atoms with Gasteiger partial charge in [0.05, 0.1) is 12.6 Å². The van der Waals surface area contributed by atoms with Crippen LogP contribution in [0.1, 0.15) is 12.8 Å². The third-order valence-electron chi connectivity index (χ3n) is 2.60. The van der Waals surface area contributed by atoms with Crippen LogP contribution in [0.5, 0.6) is 0 Å². The van der Waals surface area contributed by atoms with Crippen molar-refractivity contribution in [2.24, 2.45) is 5.73 Å². The molecule has 5 nitrogen and oxygen atoms in total. The summed E-state index contributed by atoms with van der Waals surface area (Å²) in [6.07, 6.45) is 1.80. The van der Waals surface area contributed by atoms with Gasteiger partial charge >= 0.3 is 0 Å². The third-order valence-corrected chi connectivity index (χ3v) is 2.60. The molecule has 0 aromatic rings. The molecule has 14 heavy (non-hydrogen) atoms. The van der Waals surface area contributed by atoms with Crippen molar-refractivity contribution in [2.75, 3.05) is 26.7 Å². The summed E-state index contributed by atoms with van der Waals surface area (Å²) >= 11 is 0. The Kier molecular flexibility index (Phi) is 4.31. The summed E-state index contributed by atoms with van der Waals surface area (Å²) in [6.45, 7) is 1.69. The summed E-state index contributed by atoms with van der Waals surface area (Å²) in [5.74, 6) is -0.266. The molecule has 1 rings (SSSR count). The molecule has 0 aromatic carbocycles. The molecule has 0 spiro atoms. The molecule has 2 atom stereocenters. The number of likely N-dealkylation sites (N-methyl/N-ethyl adjacent to an activating group) is 1. The predicted molar refractivity (Wildman–Crippen MR) is 53.7 cm³/mol. The van der Waals surface area contributed by atoms with Gasteiger partial charge in [-0.3, -0.25) is 4.79 Å². The zero-order chi connectivity index (χ0) is 10.6. The number of rotatable bonds is 5. The third kappa shape index (κ3) is 3.25. The van der Waals surface area contributed by atoms with Crippen LogP contribution < -0.4 is 11.1 Å². The number of aliphatic hydroxyl groups is 1. The van der Waals surface area contributed by atoms with E-state index in [0.717, 1.165) is 19.4 Å². The Hall–Kier alpha value is -0.650. The monoisotopic (exact) mass is 201 g/mol. The molecule has 0 saturated carbocycles. The molecular formula is C9H19N3O2. The highest BCUT2D eigenvalue weighted by molar-refractivity contribution is 5.80. The summed E-state index contributed by atoms with van der Waals surface area (Å²) in [7, 11) is 1.95. The molecule has 1 aliphatic rings. The Labute approximate surface area is 84.3 Å². The van der Waals surface area contributed by atoms with Gasteiger partial charge in [-0.25, -0.2) is 0 Å². The molecule has 1 heterocycles. The summed E-state index contributed by atoms with van der Waals surface area (Å²) in [6, 6.07) is 0.159. The summed E-state index contributed by atoms with van der Waals surface area (Å²) < 4.78 is 0. The van der Waals surface area contributed by atoms with Crippen molar-refractivity contribution < 1.29 is 9.90 Å². The minimum atomic E-state index is -0.266. The van der Waals surface area contributed by atoms with Gasteiger partial charge in [0.15, 0.2) is 0 Å². The van der Waals surface area contributed by atoms with E-state index in [1.165, 1.54) is 0 Å². The molecular weight excluding hydrogens is 182 g/mol. The van der Waals surface area contributed by atoms with Crippen LogP contribution in [-0.4, -0.2) is 54.7 Å². The van der Waals surface area contributed by atoms with Crippen molar-refractivity contribution >= 4 is 5.91 Å². The predicted octanol–water partition coefficient (Wildman–Crippen LogP) is -1.48. The number of primary amides is 1. The number of hydrogen-bond acceptors (Lipinski definition) is 4. The Morgan fingerprint density at radius 1 is 1.64 bits per heavy atom. The van der Waals surface area contributed by atoms with Gasteiger partial charge in [-0.1, -0.05) is 0 Å². The number of carbonyl (C=O) groups excluding carboxylic acids is 1. The van der Waals surface area contributed by atoms with Crippen molar-refractivity contribution in [1.82, 2.24) is 10.2 Å². The summed E-state index contributed by atoms with van der Waals surface area (Å²) in [5, 5.41) is 11.9. The van der Waals surface area contributed by atoms with Crippen molar-refractivity contribution in [3.8, 4) is 0 Å². The second kappa shape index (κ2) is 5.29. The zero-order valence-electron chi connectivity index (χ0n) is 8.57. The van der Waals surface area contributed by atoms with E-state index < -0.39 is 0 Å². The average molecular weight is 201 g/mol. The van der Waals surface area contributed by atoms with E-state index in [1.807, 2.05) is 11.9 Å². The number of hydrogen-bond donors (Lipinski definition) is 3. The van der Waals surface area contributed by atoms with Gasteiger partial charge in [-0.05, 0) is 19.9 Å². The second-order valence-electron chi connectivity index (χ2n) is 3.88. The first kappa shape index (κ1) is 11.4. The van der Waals surface area contributed by atoms with Gasteiger partial charge in [-0.15, -0.1) is 0 Å². The molecule has 2 unspecified atom stereocenters. The fraction of sp³-hybridized carbons (Fsp3) is 0.889. The lowest BCUT2D eigenvalue weighted by Gasteiger charge is -2.20. The Morgan fingerprint density at radius 3 is 2.86 bits per heavy atom. The van der Waals surface area contributed by atoms with Gasteiger partial charge in [0.25, 0.3) is 0 Å². The van der Waals surface area contributed by atoms with Crippen molar-refractivity contribution in [3.05, 3.63) is 0 Å². The molecule has 82 valence electrons. The van der Waals surface area contributed by atoms with Gasteiger partial charge in [0, 0.05) is 19.1 Å². The van der Waals surface area contributed by atoms with E-state index in [-0.39, 0.29) is 18.6 Å². The molecule has 1 saturated heterocycles. The molecule has 1 amide bonds. The molecule has 0 aromatic heterocycles. The lowest BCUT2D eigenvalue weighted by Crippen LogP contribution is -2.43. The Morgan fingerprint density at radius 2 is 2.36 bits per heavy atom. The molecule has 0 aliphatic carbocycles. The fourth-order valence-electron chi connectivity index (χ4n) is 1.83. The molecule has 1 fully saturated rings. The molecule has 5 heteroatoms. The van der Waals surface area contributed by atoms with Gasteiger partial charge in [0.2, 0.25) is 5.91 Å². The standard InChI is InChI=1S/C9H19N3O2/c1-12(4-5-13)6-7-2-3-8(11-7)9(10)14/h7-8,11,13H,2-6H2,1H3,(H2,10,14). The van der Waals surface area contributed by atoms with Crippen LogP contribution in [0, 0.1) is 0 Å². The first-order chi connectivity index (χ1) is 6.63. The van der Waals surface area contributed by atoms with Crippen LogP contribution in [0.2, 0.25) is 0 Å². The van der Waals surface area contributed by atoms with Crippen molar-refractivity contribution in [1.29, 1.82) is 0 Å². The maximum Gasteiger partial charge on any atom is 0.234 e. The molecule has 1 aliphatic heterocycles. The number of nitrogens with two attached hydrogens (primary N) is 1. The Bertz CT molecular complexity index is 198. The lowest BCUT2D eigenvalue weighted by molar-refractivity contribution is -0.119. The van der Waals surface area contributed by atoms with E-state index in [1.54, 1.807) is 0 Å². The highest BCUT2D eigenvalue weighted by atomic mass is 16.3. The van der Waals surface area contributed by atoms with E-state index in [9.17, 15) is 4.79 Å². The van der Waals surface area contributed by atoms with Gasteiger partial charge in [-0.2, -0.15) is 0 Å². The normalized spacial score (nSPS) is 27.1. The number of carbonyl (C=O) groups is 1. The summed E-state index contributed by atoms with van der Waals surface area (Å²) in [4.78, 5) is 12.9. The first-order valence-corrected chi connectivity index (χ1v) is 4.98. The van der Waals surface area contributed by atoms with E-state index in [2.05, 4.69) is 5.32 Å². The minimum absolute atomic E-state index is 0.164. The van der Waals surface area contributed by atoms with Crippen LogP contribution >= 0.6 is 0 Å². The number of aliphatic hydroxyl groups excluding tert-OH is 1. The smallest absolute Gasteiger partial charge is 0.234 e. The van der Waals surface area contributed by atoms with Crippen LogP contribution in [-0.2, 0) is 4.79 Å². The fourth-order valence-corrected chi connectivity index (χ4v) is 1.83. The van der Waals surface area contributed by atoms with Crippen LogP contribution in [0.15, 0.2) is 0 Å². The maximum absolute atomic E-state index is 10.9. The summed E-state index contributed by atoms with van der Waals surface area (Å²) in [5.41, 5.74) is 5.19. The molecule has 0 radical (unpaired) electrons. The number of nitrogens with one attached hydrogen (secondary N) is 1. The number of amides is 1. The van der Waals surface area contributed by atoms with E-state index >= 15 is 0 Å². The quantitative estimate of drug-likeness (QED) is 0.507. The van der Waals surface area contributed by atoms with Crippen LogP contribution in [0.4, 0.5) is 0 Å². The van der Waals surface area contributed by atoms with E-state index in [4.69, 9.17) is 10.8 Å². The molecule has 0 bridgehead atoms. The molecule has 4 N–H and O–H groups in total. The average Bonchev–Trinajstić information content (AvgIpc) is 2.53. The van der Waals surface area contributed by atoms with Crippen molar-refractivity contribution in [3.63, 3.8) is 0 Å². The SMILES string of the molecule is CN(CCO)CC1CCC(C(N)=O)N1. The topological polar surface area (TPSA) is 78.6 Å². The minimum Gasteiger partial charge on any atom is -0.395 e. The zero-order valence-corrected chi connectivity index (χ0v) is 8.57. The van der Waals surface area contributed by atoms with Crippen molar-refractivity contribution in [2.45, 2.75) is 24.9 Å². The first-order valence-electron chi connectivity index (χ1n) is 4.98. The Balaban J connectivity index is 2.25. The van der Waals surface area contributed by atoms with Gasteiger partial charge < -0.3 is 21.1 Å². The highest BCUT2D eigenvalue weighted by Crippen LogP contribution is 2.12. The van der Waals surface area contributed by atoms with E-state index in [0.29, 0.717) is 12.6 Å². The largest absolute Gasteiger partial charge is 0.395 e. The maximum atomic E-state index is 10.9. The second-order valence-corrected chi connectivity index (χ2v) is 3.88. The van der Waals surface area contributed by atoms with Crippen LogP contribution in [0.25, 0.3) is 0 Å². The number of nitrogens with zero attached hydrogens (tertiary/aromatic N) is 1. The van der Waals surface area contributed by atoms with Crippen LogP contribution in [0.3, 0.4) is 0 Å². The van der Waals surface area contributed by atoms with Gasteiger partial charge in [0.1, 0.15) is 0 Å². The highest BCUT2D eigenvalue weighted by Gasteiger charge is 2.27. The lowest BCUT2D eigenvalue weighted by atomic mass is 10.2.